The van der Waals surface area contributed by atoms with Crippen LogP contribution in [-0.4, -0.2) is 9.97 Å². The predicted octanol–water partition coefficient (Wildman–Crippen LogP) is 2.21. The first-order chi connectivity index (χ1) is 7.86. The third-order valence-corrected chi connectivity index (χ3v) is 3.36. The predicted molar refractivity (Wildman–Crippen MR) is 62.8 cm³/mol. The second-order valence-electron chi connectivity index (χ2n) is 4.42. The average Bonchev–Trinajstić information content (AvgIpc) is 2.95. The van der Waals surface area contributed by atoms with Gasteiger partial charge < -0.3 is 10.7 Å². The Morgan fingerprint density at radius 2 is 2.12 bits per heavy atom. The lowest BCUT2D eigenvalue weighted by molar-refractivity contribution is 0.585. The van der Waals surface area contributed by atoms with E-state index < -0.39 is 0 Å². The molecule has 3 N–H and O–H groups in total. The number of nitrogens with zero attached hydrogens (tertiary/aromatic N) is 1. The largest absolute Gasteiger partial charge is 0.347 e. The van der Waals surface area contributed by atoms with Crippen LogP contribution in [0.1, 0.15) is 29.8 Å². The van der Waals surface area contributed by atoms with Crippen molar-refractivity contribution in [2.24, 2.45) is 11.7 Å². The molecule has 1 heterocycles. The van der Waals surface area contributed by atoms with E-state index in [-0.39, 0.29) is 6.04 Å². The second kappa shape index (κ2) is 3.76. The molecular weight excluding hydrogens is 198 g/mol. The first-order valence-corrected chi connectivity index (χ1v) is 5.66. The van der Waals surface area contributed by atoms with Gasteiger partial charge >= 0.3 is 0 Å². The van der Waals surface area contributed by atoms with Gasteiger partial charge in [-0.05, 0) is 23.8 Å². The summed E-state index contributed by atoms with van der Waals surface area (Å²) >= 11 is 0. The maximum absolute atomic E-state index is 6.18. The minimum Gasteiger partial charge on any atom is -0.347 e. The number of nitrogens with one attached hydrogen (secondary N) is 1. The summed E-state index contributed by atoms with van der Waals surface area (Å²) in [5.74, 6) is 2.05. The van der Waals surface area contributed by atoms with E-state index in [1.54, 1.807) is 6.20 Å². The maximum Gasteiger partial charge on any atom is 0.123 e. The molecular formula is C13H15N3. The standard InChI is InChI=1S/C13H15N3/c14-12(13-15-6-7-16-13)11-8-10(11)9-4-2-1-3-5-9/h1-7,10-12H,8,14H2,(H,15,16). The Hall–Kier alpha value is -1.61. The lowest BCUT2D eigenvalue weighted by Gasteiger charge is -2.08. The number of nitrogens with two attached hydrogens (primary N) is 1. The molecule has 1 aliphatic rings. The van der Waals surface area contributed by atoms with Gasteiger partial charge in [-0.25, -0.2) is 4.98 Å². The van der Waals surface area contributed by atoms with E-state index in [1.807, 2.05) is 12.3 Å². The van der Waals surface area contributed by atoms with Crippen molar-refractivity contribution in [3.8, 4) is 0 Å². The summed E-state index contributed by atoms with van der Waals surface area (Å²) in [7, 11) is 0. The smallest absolute Gasteiger partial charge is 0.123 e. The van der Waals surface area contributed by atoms with E-state index in [0.29, 0.717) is 11.8 Å². The summed E-state index contributed by atoms with van der Waals surface area (Å²) < 4.78 is 0. The minimum absolute atomic E-state index is 0.0419. The van der Waals surface area contributed by atoms with Crippen LogP contribution >= 0.6 is 0 Å². The highest BCUT2D eigenvalue weighted by atomic mass is 14.9. The van der Waals surface area contributed by atoms with E-state index in [0.717, 1.165) is 5.82 Å². The molecule has 82 valence electrons. The van der Waals surface area contributed by atoms with Crippen molar-refractivity contribution in [3.05, 3.63) is 54.1 Å². The van der Waals surface area contributed by atoms with Crippen molar-refractivity contribution in [3.63, 3.8) is 0 Å². The molecule has 2 aromatic rings. The van der Waals surface area contributed by atoms with Crippen LogP contribution in [0.5, 0.6) is 0 Å². The number of hydrogen-bond acceptors (Lipinski definition) is 2. The zero-order valence-electron chi connectivity index (χ0n) is 9.01. The highest BCUT2D eigenvalue weighted by Gasteiger charge is 2.43. The van der Waals surface area contributed by atoms with Crippen LogP contribution in [0.2, 0.25) is 0 Å². The minimum atomic E-state index is 0.0419. The molecule has 0 aliphatic heterocycles. The summed E-state index contributed by atoms with van der Waals surface area (Å²) in [6.07, 6.45) is 4.76. The SMILES string of the molecule is NC(c1ncc[nH]1)C1CC1c1ccccc1. The van der Waals surface area contributed by atoms with Crippen LogP contribution in [0.15, 0.2) is 42.7 Å². The second-order valence-corrected chi connectivity index (χ2v) is 4.42. The molecule has 3 unspecified atom stereocenters. The number of aromatic nitrogens is 2. The highest BCUT2D eigenvalue weighted by Crippen LogP contribution is 2.52. The van der Waals surface area contributed by atoms with E-state index in [1.165, 1.54) is 12.0 Å². The Bertz CT molecular complexity index is 449. The van der Waals surface area contributed by atoms with Gasteiger partial charge in [0.05, 0.1) is 6.04 Å². The normalized spacial score (nSPS) is 25.3. The number of rotatable bonds is 3. The number of H-pyrrole nitrogens is 1. The van der Waals surface area contributed by atoms with Gasteiger partial charge in [-0.1, -0.05) is 30.3 Å². The number of imidazole rings is 1. The molecule has 0 amide bonds. The topological polar surface area (TPSA) is 54.7 Å². The number of benzene rings is 1. The van der Waals surface area contributed by atoms with Crippen molar-refractivity contribution >= 4 is 0 Å². The lowest BCUT2D eigenvalue weighted by atomic mass is 10.1. The summed E-state index contributed by atoms with van der Waals surface area (Å²) in [6.45, 7) is 0. The van der Waals surface area contributed by atoms with Gasteiger partial charge in [-0.3, -0.25) is 0 Å². The zero-order chi connectivity index (χ0) is 11.0. The van der Waals surface area contributed by atoms with Crippen LogP contribution in [0, 0.1) is 5.92 Å². The molecule has 0 radical (unpaired) electrons. The third-order valence-electron chi connectivity index (χ3n) is 3.36. The molecule has 0 spiro atoms. The fourth-order valence-corrected chi connectivity index (χ4v) is 2.36. The van der Waals surface area contributed by atoms with Crippen LogP contribution in [0.4, 0.5) is 0 Å². The van der Waals surface area contributed by atoms with E-state index in [4.69, 9.17) is 5.73 Å². The van der Waals surface area contributed by atoms with E-state index in [9.17, 15) is 0 Å². The highest BCUT2D eigenvalue weighted by molar-refractivity contribution is 5.27. The van der Waals surface area contributed by atoms with Crippen molar-refractivity contribution in [1.82, 2.24) is 9.97 Å². The van der Waals surface area contributed by atoms with Crippen molar-refractivity contribution in [2.45, 2.75) is 18.4 Å². The van der Waals surface area contributed by atoms with Crippen molar-refractivity contribution in [2.75, 3.05) is 0 Å². The summed E-state index contributed by atoms with van der Waals surface area (Å²) in [4.78, 5) is 7.32. The monoisotopic (exact) mass is 213 g/mol. The number of aromatic amines is 1. The van der Waals surface area contributed by atoms with Gasteiger partial charge in [0.2, 0.25) is 0 Å². The molecule has 1 aromatic carbocycles. The third kappa shape index (κ3) is 1.63. The van der Waals surface area contributed by atoms with E-state index in [2.05, 4.69) is 34.2 Å². The Morgan fingerprint density at radius 3 is 2.81 bits per heavy atom. The summed E-state index contributed by atoms with van der Waals surface area (Å²) in [5, 5.41) is 0. The Labute approximate surface area is 94.7 Å². The molecule has 1 aromatic heterocycles. The molecule has 1 aliphatic carbocycles. The first kappa shape index (κ1) is 9.60. The van der Waals surface area contributed by atoms with Gasteiger partial charge in [0.15, 0.2) is 0 Å². The molecule has 1 fully saturated rings. The van der Waals surface area contributed by atoms with E-state index >= 15 is 0 Å². The van der Waals surface area contributed by atoms with Gasteiger partial charge in [0, 0.05) is 12.4 Å². The Balaban J connectivity index is 1.73. The summed E-state index contributed by atoms with van der Waals surface area (Å²) in [5.41, 5.74) is 7.58. The molecule has 3 nitrogen and oxygen atoms in total. The maximum atomic E-state index is 6.18. The molecule has 0 bridgehead atoms. The molecule has 16 heavy (non-hydrogen) atoms. The van der Waals surface area contributed by atoms with Gasteiger partial charge in [-0.15, -0.1) is 0 Å². The van der Waals surface area contributed by atoms with Gasteiger partial charge in [0.25, 0.3) is 0 Å². The van der Waals surface area contributed by atoms with Crippen LogP contribution < -0.4 is 5.73 Å². The van der Waals surface area contributed by atoms with Crippen molar-refractivity contribution < 1.29 is 0 Å². The lowest BCUT2D eigenvalue weighted by Crippen LogP contribution is -2.15. The Kier molecular flexibility index (Phi) is 2.26. The van der Waals surface area contributed by atoms with Gasteiger partial charge in [-0.2, -0.15) is 0 Å². The number of hydrogen-bond donors (Lipinski definition) is 2. The van der Waals surface area contributed by atoms with Crippen LogP contribution in [0.25, 0.3) is 0 Å². The first-order valence-electron chi connectivity index (χ1n) is 5.66. The fourth-order valence-electron chi connectivity index (χ4n) is 2.36. The summed E-state index contributed by atoms with van der Waals surface area (Å²) in [6, 6.07) is 10.6. The molecule has 3 atom stereocenters. The average molecular weight is 213 g/mol. The Morgan fingerprint density at radius 1 is 1.31 bits per heavy atom. The molecule has 3 heteroatoms. The van der Waals surface area contributed by atoms with Crippen molar-refractivity contribution in [1.29, 1.82) is 0 Å². The molecule has 1 saturated carbocycles. The molecule has 0 saturated heterocycles. The van der Waals surface area contributed by atoms with Crippen LogP contribution in [0.3, 0.4) is 0 Å². The van der Waals surface area contributed by atoms with Gasteiger partial charge in [0.1, 0.15) is 5.82 Å². The quantitative estimate of drug-likeness (QED) is 0.821. The fraction of sp³-hybridized carbons (Fsp3) is 0.308. The van der Waals surface area contributed by atoms with Crippen LogP contribution in [-0.2, 0) is 0 Å². The zero-order valence-corrected chi connectivity index (χ0v) is 9.01. The molecule has 3 rings (SSSR count).